The van der Waals surface area contributed by atoms with Crippen LogP contribution in [0.5, 0.6) is 0 Å². The number of aromatic nitrogens is 1. The van der Waals surface area contributed by atoms with Gasteiger partial charge in [-0.25, -0.2) is 4.79 Å². The molecule has 0 spiro atoms. The smallest absolute Gasteiger partial charge is 0.317 e. The molecular formula is C25H29ClN4O2. The second kappa shape index (κ2) is 9.65. The molecule has 0 aliphatic carbocycles. The number of rotatable bonds is 5. The molecule has 3 amide bonds. The number of halogens is 1. The number of hydrogen-bond acceptors (Lipinski definition) is 2. The standard InChI is InChI=1S/C25H29ClN4O2/c1-17(31)30-13-5-7-20(16-30)29(2)25(32)27-12-11-18-9-10-22(26)21(14-18)24-15-19-6-3-4-8-23(19)28-24/h3-4,6,8-10,14-15,20,28H,5,7,11-13,16H2,1-2H3,(H,27,32)/t20-/m1/s1. The Morgan fingerprint density at radius 3 is 2.81 bits per heavy atom. The number of nitrogens with zero attached hydrogens (tertiary/aromatic N) is 2. The van der Waals surface area contributed by atoms with E-state index in [0.29, 0.717) is 24.5 Å². The maximum absolute atomic E-state index is 12.6. The van der Waals surface area contributed by atoms with E-state index < -0.39 is 0 Å². The van der Waals surface area contributed by atoms with Crippen LogP contribution in [0, 0.1) is 0 Å². The van der Waals surface area contributed by atoms with E-state index in [1.54, 1.807) is 18.9 Å². The summed E-state index contributed by atoms with van der Waals surface area (Å²) in [6, 6.07) is 16.2. The van der Waals surface area contributed by atoms with Gasteiger partial charge in [-0.2, -0.15) is 0 Å². The molecule has 2 heterocycles. The van der Waals surface area contributed by atoms with Gasteiger partial charge in [0.2, 0.25) is 5.91 Å². The highest BCUT2D eigenvalue weighted by molar-refractivity contribution is 6.33. The molecule has 4 rings (SSSR count). The Hall–Kier alpha value is -2.99. The number of nitrogens with one attached hydrogen (secondary N) is 2. The zero-order valence-corrected chi connectivity index (χ0v) is 19.3. The maximum Gasteiger partial charge on any atom is 0.317 e. The first-order valence-corrected chi connectivity index (χ1v) is 11.4. The van der Waals surface area contributed by atoms with E-state index in [-0.39, 0.29) is 18.0 Å². The van der Waals surface area contributed by atoms with Crippen LogP contribution in [0.2, 0.25) is 5.02 Å². The van der Waals surface area contributed by atoms with Crippen LogP contribution in [0.25, 0.3) is 22.2 Å². The molecule has 1 aliphatic rings. The third kappa shape index (κ3) is 4.91. The number of urea groups is 1. The van der Waals surface area contributed by atoms with Gasteiger partial charge in [0.05, 0.1) is 6.04 Å². The van der Waals surface area contributed by atoms with Crippen molar-refractivity contribution in [3.63, 3.8) is 0 Å². The molecule has 168 valence electrons. The lowest BCUT2D eigenvalue weighted by Gasteiger charge is -2.37. The van der Waals surface area contributed by atoms with Crippen molar-refractivity contribution in [3.8, 4) is 11.3 Å². The van der Waals surface area contributed by atoms with E-state index in [9.17, 15) is 9.59 Å². The number of fused-ring (bicyclic) bond motifs is 1. The average molecular weight is 453 g/mol. The SMILES string of the molecule is CC(=O)N1CCC[C@@H](N(C)C(=O)NCCc2ccc(Cl)c(-c3cc4ccccc4[nH]3)c2)C1. The van der Waals surface area contributed by atoms with Gasteiger partial charge in [-0.05, 0) is 49.1 Å². The van der Waals surface area contributed by atoms with Crippen molar-refractivity contribution in [3.05, 3.63) is 59.1 Å². The first-order valence-electron chi connectivity index (χ1n) is 11.0. The molecule has 1 fully saturated rings. The van der Waals surface area contributed by atoms with Gasteiger partial charge in [-0.1, -0.05) is 35.9 Å². The van der Waals surface area contributed by atoms with Crippen molar-refractivity contribution in [2.24, 2.45) is 0 Å². The zero-order chi connectivity index (χ0) is 22.7. The van der Waals surface area contributed by atoms with Crippen LogP contribution in [-0.4, -0.2) is 59.4 Å². The first kappa shape index (κ1) is 22.2. The van der Waals surface area contributed by atoms with Gasteiger partial charge in [0.1, 0.15) is 0 Å². The molecule has 1 aliphatic heterocycles. The normalized spacial score (nSPS) is 16.2. The molecule has 0 unspecified atom stereocenters. The summed E-state index contributed by atoms with van der Waals surface area (Å²) in [5, 5.41) is 4.85. The summed E-state index contributed by atoms with van der Waals surface area (Å²) in [5.74, 6) is 0.0667. The monoisotopic (exact) mass is 452 g/mol. The number of hydrogen-bond donors (Lipinski definition) is 2. The Morgan fingerprint density at radius 2 is 2.03 bits per heavy atom. The predicted molar refractivity (Wildman–Crippen MR) is 129 cm³/mol. The molecule has 2 aromatic carbocycles. The van der Waals surface area contributed by atoms with Gasteiger partial charge < -0.3 is 20.1 Å². The number of amides is 3. The van der Waals surface area contributed by atoms with Crippen LogP contribution >= 0.6 is 11.6 Å². The van der Waals surface area contributed by atoms with Crippen molar-refractivity contribution >= 4 is 34.4 Å². The molecular weight excluding hydrogens is 424 g/mol. The summed E-state index contributed by atoms with van der Waals surface area (Å²) < 4.78 is 0. The highest BCUT2D eigenvalue weighted by Gasteiger charge is 2.27. The molecule has 7 heteroatoms. The van der Waals surface area contributed by atoms with Crippen molar-refractivity contribution in [2.45, 2.75) is 32.2 Å². The molecule has 2 N–H and O–H groups in total. The van der Waals surface area contributed by atoms with Crippen molar-refractivity contribution in [1.29, 1.82) is 0 Å². The van der Waals surface area contributed by atoms with Crippen LogP contribution in [0.15, 0.2) is 48.5 Å². The average Bonchev–Trinajstić information content (AvgIpc) is 3.23. The minimum Gasteiger partial charge on any atom is -0.354 e. The molecule has 1 aromatic heterocycles. The fourth-order valence-corrected chi connectivity index (χ4v) is 4.53. The quantitative estimate of drug-likeness (QED) is 0.590. The third-order valence-electron chi connectivity index (χ3n) is 6.25. The Kier molecular flexibility index (Phi) is 6.70. The Balaban J connectivity index is 1.36. The molecule has 0 saturated carbocycles. The van der Waals surface area contributed by atoms with Crippen LogP contribution < -0.4 is 5.32 Å². The zero-order valence-electron chi connectivity index (χ0n) is 18.5. The largest absolute Gasteiger partial charge is 0.354 e. The number of carbonyl (C=O) groups excluding carboxylic acids is 2. The van der Waals surface area contributed by atoms with Gasteiger partial charge in [0.25, 0.3) is 0 Å². The van der Waals surface area contributed by atoms with Gasteiger partial charge >= 0.3 is 6.03 Å². The van der Waals surface area contributed by atoms with E-state index in [0.717, 1.165) is 47.1 Å². The molecule has 0 radical (unpaired) electrons. The van der Waals surface area contributed by atoms with Crippen molar-refractivity contribution < 1.29 is 9.59 Å². The minimum absolute atomic E-state index is 0.0526. The summed E-state index contributed by atoms with van der Waals surface area (Å²) >= 11 is 6.48. The number of carbonyl (C=O) groups is 2. The van der Waals surface area contributed by atoms with Gasteiger partial charge in [0.15, 0.2) is 0 Å². The second-order valence-corrected chi connectivity index (χ2v) is 8.85. The number of aromatic amines is 1. The summed E-state index contributed by atoms with van der Waals surface area (Å²) in [7, 11) is 1.81. The van der Waals surface area contributed by atoms with Crippen LogP contribution in [0.1, 0.15) is 25.3 Å². The van der Waals surface area contributed by atoms with Crippen molar-refractivity contribution in [1.82, 2.24) is 20.1 Å². The lowest BCUT2D eigenvalue weighted by Crippen LogP contribution is -2.52. The Bertz CT molecular complexity index is 1090. The van der Waals surface area contributed by atoms with Gasteiger partial charge in [-0.3, -0.25) is 4.79 Å². The molecule has 6 nitrogen and oxygen atoms in total. The molecule has 1 atom stereocenters. The number of likely N-dealkylation sites (N-methyl/N-ethyl adjacent to an activating group) is 1. The van der Waals surface area contributed by atoms with Crippen LogP contribution in [-0.2, 0) is 11.2 Å². The van der Waals surface area contributed by atoms with E-state index in [1.807, 2.05) is 35.2 Å². The van der Waals surface area contributed by atoms with E-state index in [1.165, 1.54) is 0 Å². The second-order valence-electron chi connectivity index (χ2n) is 8.44. The summed E-state index contributed by atoms with van der Waals surface area (Å²) in [6.07, 6.45) is 2.54. The lowest BCUT2D eigenvalue weighted by atomic mass is 10.0. The predicted octanol–water partition coefficient (Wildman–Crippen LogP) is 4.68. The van der Waals surface area contributed by atoms with Crippen molar-refractivity contribution in [2.75, 3.05) is 26.7 Å². The number of para-hydroxylation sites is 1. The molecule has 3 aromatic rings. The van der Waals surface area contributed by atoms with E-state index >= 15 is 0 Å². The summed E-state index contributed by atoms with van der Waals surface area (Å²) in [6.45, 7) is 3.49. The first-order chi connectivity index (χ1) is 15.4. The highest BCUT2D eigenvalue weighted by atomic mass is 35.5. The number of likely N-dealkylation sites (tertiary alicyclic amines) is 1. The Morgan fingerprint density at radius 1 is 1.22 bits per heavy atom. The van der Waals surface area contributed by atoms with Gasteiger partial charge in [0, 0.05) is 60.8 Å². The highest BCUT2D eigenvalue weighted by Crippen LogP contribution is 2.31. The van der Waals surface area contributed by atoms with Crippen LogP contribution in [0.4, 0.5) is 4.79 Å². The van der Waals surface area contributed by atoms with Crippen LogP contribution in [0.3, 0.4) is 0 Å². The summed E-state index contributed by atoms with van der Waals surface area (Å²) in [4.78, 5) is 31.3. The minimum atomic E-state index is -0.106. The fraction of sp³-hybridized carbons (Fsp3) is 0.360. The Labute approximate surface area is 193 Å². The third-order valence-corrected chi connectivity index (χ3v) is 6.58. The molecule has 32 heavy (non-hydrogen) atoms. The molecule has 1 saturated heterocycles. The number of piperidine rings is 1. The maximum atomic E-state index is 12.6. The lowest BCUT2D eigenvalue weighted by molar-refractivity contribution is -0.130. The number of H-pyrrole nitrogens is 1. The topological polar surface area (TPSA) is 68.4 Å². The molecule has 0 bridgehead atoms. The summed E-state index contributed by atoms with van der Waals surface area (Å²) in [5.41, 5.74) is 4.11. The number of benzene rings is 2. The van der Waals surface area contributed by atoms with E-state index in [2.05, 4.69) is 28.5 Å². The van der Waals surface area contributed by atoms with Gasteiger partial charge in [-0.15, -0.1) is 0 Å². The fourth-order valence-electron chi connectivity index (χ4n) is 4.31. The van der Waals surface area contributed by atoms with E-state index in [4.69, 9.17) is 11.6 Å².